The Bertz CT molecular complexity index is 1050. The van der Waals surface area contributed by atoms with E-state index in [1.54, 1.807) is 17.5 Å². The second-order valence-electron chi connectivity index (χ2n) is 6.03. The molecule has 0 saturated heterocycles. The molecule has 2 heterocycles. The van der Waals surface area contributed by atoms with Gasteiger partial charge in [0.25, 0.3) is 11.1 Å². The molecule has 2 aromatic carbocycles. The number of hydrogen-bond donors (Lipinski definition) is 1. The Morgan fingerprint density at radius 2 is 1.62 bits per heavy atom. The number of thioether (sulfide) groups is 1. The minimum Gasteiger partial charge on any atom is -0.431 e. The first-order valence-corrected chi connectivity index (χ1v) is 10.7. The van der Waals surface area contributed by atoms with Gasteiger partial charge in [-0.25, -0.2) is 4.98 Å². The van der Waals surface area contributed by atoms with Crippen molar-refractivity contribution >= 4 is 34.9 Å². The number of carbonyl (C=O) groups is 2. The summed E-state index contributed by atoms with van der Waals surface area (Å²) in [6, 6.07) is 22.9. The molecule has 0 aliphatic carbocycles. The second-order valence-corrected chi connectivity index (χ2v) is 7.91. The van der Waals surface area contributed by atoms with E-state index in [1.165, 1.54) is 11.3 Å². The highest BCUT2D eigenvalue weighted by atomic mass is 32.2. The summed E-state index contributed by atoms with van der Waals surface area (Å²) in [5.74, 6) is -0.114. The smallest absolute Gasteiger partial charge is 0.267 e. The number of oxazole rings is 1. The molecule has 2 amide bonds. The standard InChI is InChI=1S/C22H16N2O3S2/c25-18(23-21(26)17-12-7-13-28-17)14-29-22-24-19(15-8-3-1-4-9-15)20(27-22)16-10-5-2-6-11-16/h1-13H,14H2,(H,23,25,26). The van der Waals surface area contributed by atoms with Gasteiger partial charge in [0.15, 0.2) is 5.76 Å². The fourth-order valence-corrected chi connectivity index (χ4v) is 3.94. The highest BCUT2D eigenvalue weighted by molar-refractivity contribution is 7.99. The van der Waals surface area contributed by atoms with E-state index < -0.39 is 11.8 Å². The molecule has 0 bridgehead atoms. The molecule has 0 radical (unpaired) electrons. The molecule has 7 heteroatoms. The molecule has 2 aromatic heterocycles. The summed E-state index contributed by atoms with van der Waals surface area (Å²) in [6.45, 7) is 0. The van der Waals surface area contributed by atoms with Crippen LogP contribution in [0.5, 0.6) is 0 Å². The molecule has 4 rings (SSSR count). The number of benzene rings is 2. The zero-order valence-corrected chi connectivity index (χ0v) is 16.8. The highest BCUT2D eigenvalue weighted by Crippen LogP contribution is 2.35. The zero-order chi connectivity index (χ0) is 20.1. The van der Waals surface area contributed by atoms with E-state index >= 15 is 0 Å². The summed E-state index contributed by atoms with van der Waals surface area (Å²) in [5, 5.41) is 4.54. The van der Waals surface area contributed by atoms with Crippen molar-refractivity contribution in [2.24, 2.45) is 0 Å². The Labute approximate surface area is 175 Å². The SMILES string of the molecule is O=C(CSc1nc(-c2ccccc2)c(-c2ccccc2)o1)NC(=O)c1cccs1. The molecule has 1 N–H and O–H groups in total. The van der Waals surface area contributed by atoms with Crippen LogP contribution in [0.3, 0.4) is 0 Å². The average Bonchev–Trinajstić information content (AvgIpc) is 3.44. The first-order chi connectivity index (χ1) is 14.2. The van der Waals surface area contributed by atoms with Gasteiger partial charge in [-0.3, -0.25) is 14.9 Å². The normalized spacial score (nSPS) is 10.6. The van der Waals surface area contributed by atoms with Crippen molar-refractivity contribution in [1.29, 1.82) is 0 Å². The van der Waals surface area contributed by atoms with E-state index in [4.69, 9.17) is 4.42 Å². The van der Waals surface area contributed by atoms with Crippen molar-refractivity contribution in [3.63, 3.8) is 0 Å². The van der Waals surface area contributed by atoms with Gasteiger partial charge in [0.05, 0.1) is 10.6 Å². The molecule has 0 atom stereocenters. The van der Waals surface area contributed by atoms with Gasteiger partial charge < -0.3 is 4.42 Å². The number of aromatic nitrogens is 1. The predicted octanol–water partition coefficient (Wildman–Crippen LogP) is 5.12. The van der Waals surface area contributed by atoms with Gasteiger partial charge in [-0.1, -0.05) is 78.5 Å². The summed E-state index contributed by atoms with van der Waals surface area (Å²) < 4.78 is 5.97. The maximum absolute atomic E-state index is 12.1. The van der Waals surface area contributed by atoms with Gasteiger partial charge in [0.2, 0.25) is 5.91 Å². The molecule has 144 valence electrons. The molecule has 5 nitrogen and oxygen atoms in total. The van der Waals surface area contributed by atoms with E-state index in [1.807, 2.05) is 60.7 Å². The summed E-state index contributed by atoms with van der Waals surface area (Å²) in [5.41, 5.74) is 2.55. The average molecular weight is 421 g/mol. The van der Waals surface area contributed by atoms with E-state index in [2.05, 4.69) is 10.3 Å². The third-order valence-electron chi connectivity index (χ3n) is 4.02. The van der Waals surface area contributed by atoms with E-state index in [9.17, 15) is 9.59 Å². The Morgan fingerprint density at radius 3 is 2.28 bits per heavy atom. The molecule has 0 aliphatic rings. The van der Waals surface area contributed by atoms with Gasteiger partial charge in [0, 0.05) is 11.1 Å². The molecule has 0 saturated carbocycles. The number of carbonyl (C=O) groups excluding carboxylic acids is 2. The first kappa shape index (κ1) is 19.2. The summed E-state index contributed by atoms with van der Waals surface area (Å²) >= 11 is 2.44. The van der Waals surface area contributed by atoms with Crippen LogP contribution in [0, 0.1) is 0 Å². The van der Waals surface area contributed by atoms with Crippen LogP contribution in [0.15, 0.2) is 87.8 Å². The number of hydrogen-bond acceptors (Lipinski definition) is 6. The molecule has 0 fully saturated rings. The molecule has 0 unspecified atom stereocenters. The lowest BCUT2D eigenvalue weighted by atomic mass is 10.1. The monoisotopic (exact) mass is 420 g/mol. The molecule has 0 aliphatic heterocycles. The summed E-state index contributed by atoms with van der Waals surface area (Å²) in [4.78, 5) is 29.2. The lowest BCUT2D eigenvalue weighted by molar-refractivity contribution is -0.117. The number of imide groups is 1. The van der Waals surface area contributed by atoms with Crippen LogP contribution in [0.25, 0.3) is 22.6 Å². The third-order valence-corrected chi connectivity index (χ3v) is 5.71. The Balaban J connectivity index is 1.51. The summed E-state index contributed by atoms with van der Waals surface area (Å²) in [7, 11) is 0. The van der Waals surface area contributed by atoms with Crippen molar-refractivity contribution in [2.45, 2.75) is 5.22 Å². The van der Waals surface area contributed by atoms with Gasteiger partial charge in [-0.05, 0) is 11.4 Å². The van der Waals surface area contributed by atoms with E-state index in [0.29, 0.717) is 15.9 Å². The highest BCUT2D eigenvalue weighted by Gasteiger charge is 2.18. The topological polar surface area (TPSA) is 72.2 Å². The van der Waals surface area contributed by atoms with Crippen molar-refractivity contribution in [2.75, 3.05) is 5.75 Å². The number of nitrogens with zero attached hydrogens (tertiary/aromatic N) is 1. The molecule has 0 spiro atoms. The van der Waals surface area contributed by atoms with Crippen molar-refractivity contribution < 1.29 is 14.0 Å². The minimum atomic E-state index is -0.395. The Hall–Kier alpha value is -3.16. The number of thiophene rings is 1. The first-order valence-electron chi connectivity index (χ1n) is 8.83. The Morgan fingerprint density at radius 1 is 0.931 bits per heavy atom. The Kier molecular flexibility index (Phi) is 5.88. The quantitative estimate of drug-likeness (QED) is 0.439. The van der Waals surface area contributed by atoms with E-state index in [-0.39, 0.29) is 5.75 Å². The van der Waals surface area contributed by atoms with E-state index in [0.717, 1.165) is 28.6 Å². The lowest BCUT2D eigenvalue weighted by Crippen LogP contribution is -2.31. The maximum Gasteiger partial charge on any atom is 0.267 e. The number of rotatable bonds is 6. The van der Waals surface area contributed by atoms with Crippen molar-refractivity contribution in [1.82, 2.24) is 10.3 Å². The van der Waals surface area contributed by atoms with Crippen molar-refractivity contribution in [3.05, 3.63) is 83.1 Å². The fraction of sp³-hybridized carbons (Fsp3) is 0.0455. The largest absolute Gasteiger partial charge is 0.431 e. The van der Waals surface area contributed by atoms with Gasteiger partial charge in [-0.15, -0.1) is 11.3 Å². The van der Waals surface area contributed by atoms with Gasteiger partial charge >= 0.3 is 0 Å². The third kappa shape index (κ3) is 4.64. The van der Waals surface area contributed by atoms with Crippen LogP contribution in [0.4, 0.5) is 0 Å². The van der Waals surface area contributed by atoms with Crippen LogP contribution in [-0.4, -0.2) is 22.6 Å². The molecule has 4 aromatic rings. The lowest BCUT2D eigenvalue weighted by Gasteiger charge is -2.01. The van der Waals surface area contributed by atoms with Crippen LogP contribution < -0.4 is 5.32 Å². The van der Waals surface area contributed by atoms with Crippen LogP contribution in [0.2, 0.25) is 0 Å². The number of amides is 2. The fourth-order valence-electron chi connectivity index (χ4n) is 2.70. The minimum absolute atomic E-state index is 0.0279. The molecular weight excluding hydrogens is 404 g/mol. The second kappa shape index (κ2) is 8.89. The van der Waals surface area contributed by atoms with Gasteiger partial charge in [-0.2, -0.15) is 0 Å². The van der Waals surface area contributed by atoms with Crippen molar-refractivity contribution in [3.8, 4) is 22.6 Å². The van der Waals surface area contributed by atoms with Gasteiger partial charge in [0.1, 0.15) is 5.69 Å². The maximum atomic E-state index is 12.1. The molecular formula is C22H16N2O3S2. The zero-order valence-electron chi connectivity index (χ0n) is 15.2. The van der Waals surface area contributed by atoms with Crippen LogP contribution in [-0.2, 0) is 4.79 Å². The molecule has 29 heavy (non-hydrogen) atoms. The van der Waals surface area contributed by atoms with Crippen LogP contribution >= 0.6 is 23.1 Å². The number of nitrogens with one attached hydrogen (secondary N) is 1. The summed E-state index contributed by atoms with van der Waals surface area (Å²) in [6.07, 6.45) is 0. The van der Waals surface area contributed by atoms with Crippen LogP contribution in [0.1, 0.15) is 9.67 Å². The predicted molar refractivity (Wildman–Crippen MR) is 115 cm³/mol.